The van der Waals surface area contributed by atoms with Gasteiger partial charge >= 0.3 is 0 Å². The molecule has 0 aliphatic heterocycles. The van der Waals surface area contributed by atoms with Gasteiger partial charge in [-0.1, -0.05) is 34.1 Å². The van der Waals surface area contributed by atoms with Crippen molar-refractivity contribution >= 4 is 15.9 Å². The molecule has 0 amide bonds. The first-order chi connectivity index (χ1) is 9.73. The molecular weight excluding hydrogens is 324 g/mol. The third-order valence-corrected chi connectivity index (χ3v) is 4.15. The number of benzene rings is 1. The van der Waals surface area contributed by atoms with E-state index in [0.717, 1.165) is 19.6 Å². The number of halogens is 1. The van der Waals surface area contributed by atoms with E-state index in [1.165, 1.54) is 15.6 Å². The van der Waals surface area contributed by atoms with Crippen LogP contribution in [0.25, 0.3) is 0 Å². The zero-order chi connectivity index (χ0) is 16.0. The van der Waals surface area contributed by atoms with E-state index in [4.69, 9.17) is 0 Å². The van der Waals surface area contributed by atoms with E-state index in [0.29, 0.717) is 6.04 Å². The number of hydrogen-bond donors (Lipinski definition) is 1. The normalized spacial score (nSPS) is 12.2. The molecule has 2 nitrogen and oxygen atoms in total. The molecule has 0 aliphatic rings. The summed E-state index contributed by atoms with van der Waals surface area (Å²) in [6.45, 7) is 17.6. The molecule has 0 unspecified atom stereocenters. The fourth-order valence-electron chi connectivity index (χ4n) is 2.04. The van der Waals surface area contributed by atoms with Gasteiger partial charge in [-0.15, -0.1) is 6.58 Å². The highest BCUT2D eigenvalue weighted by molar-refractivity contribution is 9.10. The second-order valence-corrected chi connectivity index (χ2v) is 7.70. The predicted octanol–water partition coefficient (Wildman–Crippen LogP) is 4.73. The first-order valence-electron chi connectivity index (χ1n) is 7.60. The van der Waals surface area contributed by atoms with E-state index in [-0.39, 0.29) is 5.54 Å². The Balaban J connectivity index is 2.75. The molecule has 0 radical (unpaired) electrons. The van der Waals surface area contributed by atoms with Crippen molar-refractivity contribution in [2.45, 2.75) is 59.3 Å². The largest absolute Gasteiger partial charge is 0.308 e. The van der Waals surface area contributed by atoms with Gasteiger partial charge in [-0.2, -0.15) is 0 Å². The minimum absolute atomic E-state index is 0.142. The van der Waals surface area contributed by atoms with Crippen LogP contribution in [0.5, 0.6) is 0 Å². The van der Waals surface area contributed by atoms with Crippen molar-refractivity contribution in [1.29, 1.82) is 0 Å². The number of rotatable bonds is 7. The summed E-state index contributed by atoms with van der Waals surface area (Å²) >= 11 is 3.72. The van der Waals surface area contributed by atoms with Crippen LogP contribution in [0.1, 0.15) is 45.7 Å². The summed E-state index contributed by atoms with van der Waals surface area (Å²) < 4.78 is 1.19. The summed E-state index contributed by atoms with van der Waals surface area (Å²) in [5, 5.41) is 3.52. The lowest BCUT2D eigenvalue weighted by Gasteiger charge is -2.26. The highest BCUT2D eigenvalue weighted by atomic mass is 79.9. The monoisotopic (exact) mass is 352 g/mol. The van der Waals surface area contributed by atoms with E-state index in [9.17, 15) is 0 Å². The molecule has 118 valence electrons. The van der Waals surface area contributed by atoms with Crippen molar-refractivity contribution in [1.82, 2.24) is 10.2 Å². The predicted molar refractivity (Wildman–Crippen MR) is 96.5 cm³/mol. The lowest BCUT2D eigenvalue weighted by Crippen LogP contribution is -2.35. The van der Waals surface area contributed by atoms with Gasteiger partial charge < -0.3 is 5.32 Å². The van der Waals surface area contributed by atoms with Crippen molar-refractivity contribution in [3.8, 4) is 0 Å². The molecule has 0 atom stereocenters. The third-order valence-electron chi connectivity index (χ3n) is 3.41. The summed E-state index contributed by atoms with van der Waals surface area (Å²) in [5.41, 5.74) is 2.77. The fraction of sp³-hybridized carbons (Fsp3) is 0.556. The molecule has 0 spiro atoms. The van der Waals surface area contributed by atoms with Gasteiger partial charge in [-0.3, -0.25) is 4.90 Å². The Kier molecular flexibility index (Phi) is 7.11. The molecule has 21 heavy (non-hydrogen) atoms. The fourth-order valence-corrected chi connectivity index (χ4v) is 2.59. The van der Waals surface area contributed by atoms with Crippen LogP contribution in [0.3, 0.4) is 0 Å². The number of hydrogen-bond acceptors (Lipinski definition) is 2. The summed E-state index contributed by atoms with van der Waals surface area (Å²) in [5.74, 6) is 0. The first kappa shape index (κ1) is 18.4. The second-order valence-electron chi connectivity index (χ2n) is 6.84. The molecule has 0 aliphatic carbocycles. The Morgan fingerprint density at radius 1 is 1.33 bits per heavy atom. The molecule has 1 N–H and O–H groups in total. The summed E-state index contributed by atoms with van der Waals surface area (Å²) in [6.07, 6.45) is 1.97. The topological polar surface area (TPSA) is 15.3 Å². The lowest BCUT2D eigenvalue weighted by atomic mass is 10.1. The Hall–Kier alpha value is -0.640. The smallest absolute Gasteiger partial charge is 0.0250 e. The highest BCUT2D eigenvalue weighted by Gasteiger charge is 2.12. The molecule has 3 heteroatoms. The maximum atomic E-state index is 3.85. The van der Waals surface area contributed by atoms with Gasteiger partial charge in [-0.25, -0.2) is 0 Å². The van der Waals surface area contributed by atoms with Gasteiger partial charge in [0.25, 0.3) is 0 Å². The van der Waals surface area contributed by atoms with Crippen LogP contribution < -0.4 is 5.32 Å². The van der Waals surface area contributed by atoms with Crippen molar-refractivity contribution in [2.24, 2.45) is 0 Å². The van der Waals surface area contributed by atoms with Crippen molar-refractivity contribution in [3.05, 3.63) is 46.5 Å². The van der Waals surface area contributed by atoms with Crippen LogP contribution in [0.15, 0.2) is 35.3 Å². The van der Waals surface area contributed by atoms with Crippen molar-refractivity contribution in [2.75, 3.05) is 6.54 Å². The SMILES string of the molecule is C=CCN(Cc1ccc(CNC(C)(C)C)cc1Br)C(C)C. The zero-order valence-corrected chi connectivity index (χ0v) is 15.6. The standard InChI is InChI=1S/C18H29BrN2/c1-7-10-21(14(2)3)13-16-9-8-15(11-17(16)19)12-20-18(4,5)6/h7-9,11,14,20H,1,10,12-13H2,2-6H3. The second kappa shape index (κ2) is 8.11. The minimum atomic E-state index is 0.142. The van der Waals surface area contributed by atoms with E-state index in [1.54, 1.807) is 0 Å². The first-order valence-corrected chi connectivity index (χ1v) is 8.39. The van der Waals surface area contributed by atoms with Crippen LogP contribution >= 0.6 is 15.9 Å². The molecular formula is C18H29BrN2. The Labute approximate surface area is 138 Å². The molecule has 0 saturated heterocycles. The maximum absolute atomic E-state index is 3.85. The lowest BCUT2D eigenvalue weighted by molar-refractivity contribution is 0.237. The quantitative estimate of drug-likeness (QED) is 0.713. The summed E-state index contributed by atoms with van der Waals surface area (Å²) in [6, 6.07) is 7.17. The maximum Gasteiger partial charge on any atom is 0.0250 e. The van der Waals surface area contributed by atoms with Crippen molar-refractivity contribution < 1.29 is 0 Å². The van der Waals surface area contributed by atoms with Crippen LogP contribution in [0, 0.1) is 0 Å². The Bertz CT molecular complexity index is 461. The molecule has 1 aromatic carbocycles. The molecule has 1 aromatic rings. The summed E-state index contributed by atoms with van der Waals surface area (Å²) in [4.78, 5) is 2.40. The average Bonchev–Trinajstić information content (AvgIpc) is 2.37. The van der Waals surface area contributed by atoms with Gasteiger partial charge in [0.05, 0.1) is 0 Å². The van der Waals surface area contributed by atoms with E-state index in [1.807, 2.05) is 6.08 Å². The van der Waals surface area contributed by atoms with Crippen LogP contribution in [0.2, 0.25) is 0 Å². The molecule has 0 aromatic heterocycles. The van der Waals surface area contributed by atoms with Crippen LogP contribution in [-0.2, 0) is 13.1 Å². The van der Waals surface area contributed by atoms with E-state index in [2.05, 4.69) is 85.5 Å². The molecule has 0 saturated carbocycles. The molecule has 0 bridgehead atoms. The van der Waals surface area contributed by atoms with Gasteiger partial charge in [-0.05, 0) is 51.8 Å². The van der Waals surface area contributed by atoms with Gasteiger partial charge in [0, 0.05) is 35.7 Å². The van der Waals surface area contributed by atoms with Gasteiger partial charge in [0.15, 0.2) is 0 Å². The average molecular weight is 353 g/mol. The van der Waals surface area contributed by atoms with E-state index >= 15 is 0 Å². The van der Waals surface area contributed by atoms with Gasteiger partial charge in [0.2, 0.25) is 0 Å². The van der Waals surface area contributed by atoms with Crippen LogP contribution in [0.4, 0.5) is 0 Å². The highest BCUT2D eigenvalue weighted by Crippen LogP contribution is 2.21. The third kappa shape index (κ3) is 6.77. The Morgan fingerprint density at radius 3 is 2.48 bits per heavy atom. The summed E-state index contributed by atoms with van der Waals surface area (Å²) in [7, 11) is 0. The molecule has 0 fully saturated rings. The number of nitrogens with one attached hydrogen (secondary N) is 1. The van der Waals surface area contributed by atoms with E-state index < -0.39 is 0 Å². The number of nitrogens with zero attached hydrogens (tertiary/aromatic N) is 1. The minimum Gasteiger partial charge on any atom is -0.308 e. The van der Waals surface area contributed by atoms with Crippen molar-refractivity contribution in [3.63, 3.8) is 0 Å². The molecule has 0 heterocycles. The molecule has 1 rings (SSSR count). The Morgan fingerprint density at radius 2 is 2.00 bits per heavy atom. The zero-order valence-electron chi connectivity index (χ0n) is 14.0. The van der Waals surface area contributed by atoms with Crippen LogP contribution in [-0.4, -0.2) is 23.0 Å². The van der Waals surface area contributed by atoms with Gasteiger partial charge in [0.1, 0.15) is 0 Å².